The van der Waals surface area contributed by atoms with E-state index in [0.717, 1.165) is 39.1 Å². The Morgan fingerprint density at radius 3 is 2.65 bits per heavy atom. The number of aryl methyl sites for hydroxylation is 2. The monoisotopic (exact) mass is 329 g/mol. The fourth-order valence-corrected chi connectivity index (χ4v) is 3.99. The van der Waals surface area contributed by atoms with Crippen LogP contribution in [-0.4, -0.2) is 36.1 Å². The van der Waals surface area contributed by atoms with Crippen molar-refractivity contribution in [3.05, 3.63) is 45.9 Å². The minimum Gasteiger partial charge on any atom is -0.369 e. The van der Waals surface area contributed by atoms with Crippen LogP contribution in [0.15, 0.2) is 29.6 Å². The van der Waals surface area contributed by atoms with Gasteiger partial charge in [-0.05, 0) is 31.4 Å². The highest BCUT2D eigenvalue weighted by Crippen LogP contribution is 2.21. The molecule has 0 radical (unpaired) electrons. The normalized spacial score (nSPS) is 16.0. The summed E-state index contributed by atoms with van der Waals surface area (Å²) >= 11 is 1.83. The van der Waals surface area contributed by atoms with Gasteiger partial charge in [0, 0.05) is 43.8 Å². The van der Waals surface area contributed by atoms with Gasteiger partial charge in [-0.25, -0.2) is 4.98 Å². The van der Waals surface area contributed by atoms with Crippen LogP contribution < -0.4 is 4.90 Å². The van der Waals surface area contributed by atoms with Crippen LogP contribution in [0.4, 0.5) is 5.69 Å². The molecule has 1 fully saturated rings. The third-order valence-electron chi connectivity index (χ3n) is 4.56. The van der Waals surface area contributed by atoms with E-state index in [2.05, 4.69) is 53.3 Å². The third kappa shape index (κ3) is 4.33. The quantitative estimate of drug-likeness (QED) is 0.795. The molecule has 3 nitrogen and oxygen atoms in total. The summed E-state index contributed by atoms with van der Waals surface area (Å²) in [6.45, 7) is 9.91. The molecule has 0 spiro atoms. The molecule has 23 heavy (non-hydrogen) atoms. The molecule has 1 saturated heterocycles. The molecule has 0 amide bonds. The van der Waals surface area contributed by atoms with E-state index in [9.17, 15) is 0 Å². The summed E-state index contributed by atoms with van der Waals surface area (Å²) in [5, 5.41) is 3.55. The molecule has 0 bridgehead atoms. The van der Waals surface area contributed by atoms with Gasteiger partial charge in [0.1, 0.15) is 0 Å². The minimum absolute atomic E-state index is 1.00. The van der Waals surface area contributed by atoms with Crippen molar-refractivity contribution in [2.75, 3.05) is 31.1 Å². The molecular weight excluding hydrogens is 302 g/mol. The molecule has 3 rings (SSSR count). The van der Waals surface area contributed by atoms with Crippen molar-refractivity contribution in [3.8, 4) is 0 Å². The lowest BCUT2D eigenvalue weighted by Crippen LogP contribution is -2.46. The molecule has 124 valence electrons. The van der Waals surface area contributed by atoms with E-state index in [0.29, 0.717) is 0 Å². The van der Waals surface area contributed by atoms with E-state index < -0.39 is 0 Å². The van der Waals surface area contributed by atoms with E-state index in [-0.39, 0.29) is 0 Å². The molecule has 0 N–H and O–H groups in total. The van der Waals surface area contributed by atoms with Crippen molar-refractivity contribution >= 4 is 17.0 Å². The predicted molar refractivity (Wildman–Crippen MR) is 99.4 cm³/mol. The van der Waals surface area contributed by atoms with Crippen LogP contribution in [0, 0.1) is 6.92 Å². The molecule has 1 aromatic carbocycles. The van der Waals surface area contributed by atoms with Crippen LogP contribution in [-0.2, 0) is 13.0 Å². The first-order valence-electron chi connectivity index (χ1n) is 8.72. The Kier molecular flexibility index (Phi) is 5.68. The molecule has 1 aromatic heterocycles. The Morgan fingerprint density at radius 2 is 1.91 bits per heavy atom. The van der Waals surface area contributed by atoms with Crippen molar-refractivity contribution in [1.82, 2.24) is 9.88 Å². The number of anilines is 1. The Labute approximate surface area is 144 Å². The zero-order chi connectivity index (χ0) is 16.1. The average molecular weight is 330 g/mol. The van der Waals surface area contributed by atoms with Crippen LogP contribution in [0.2, 0.25) is 0 Å². The molecule has 0 saturated carbocycles. The molecule has 1 aliphatic rings. The van der Waals surface area contributed by atoms with Crippen LogP contribution in [0.1, 0.15) is 36.0 Å². The number of thiazole rings is 1. The number of para-hydroxylation sites is 1. The van der Waals surface area contributed by atoms with Gasteiger partial charge in [0.15, 0.2) is 0 Å². The maximum absolute atomic E-state index is 4.80. The second-order valence-electron chi connectivity index (χ2n) is 6.39. The number of rotatable bonds is 6. The highest BCUT2D eigenvalue weighted by molar-refractivity contribution is 7.09. The van der Waals surface area contributed by atoms with Crippen molar-refractivity contribution in [2.45, 2.75) is 39.7 Å². The highest BCUT2D eigenvalue weighted by Gasteiger charge is 2.19. The number of unbranched alkanes of at least 4 members (excludes halogenated alkanes) is 1. The van der Waals surface area contributed by atoms with Gasteiger partial charge < -0.3 is 4.90 Å². The fraction of sp³-hybridized carbons (Fsp3) is 0.526. The molecule has 0 unspecified atom stereocenters. The SMILES string of the molecule is CCCCc1nc(CN2CCN(c3ccccc3C)CC2)cs1. The minimum atomic E-state index is 1.00. The third-order valence-corrected chi connectivity index (χ3v) is 5.51. The van der Waals surface area contributed by atoms with Crippen LogP contribution in [0.25, 0.3) is 0 Å². The van der Waals surface area contributed by atoms with Crippen molar-refractivity contribution < 1.29 is 0 Å². The van der Waals surface area contributed by atoms with Gasteiger partial charge in [-0.1, -0.05) is 31.5 Å². The lowest BCUT2D eigenvalue weighted by Gasteiger charge is -2.36. The first-order valence-corrected chi connectivity index (χ1v) is 9.60. The number of nitrogens with zero attached hydrogens (tertiary/aromatic N) is 3. The van der Waals surface area contributed by atoms with E-state index in [1.807, 2.05) is 11.3 Å². The largest absolute Gasteiger partial charge is 0.369 e. The molecule has 1 aliphatic heterocycles. The topological polar surface area (TPSA) is 19.4 Å². The summed E-state index contributed by atoms with van der Waals surface area (Å²) in [6, 6.07) is 8.70. The van der Waals surface area contributed by atoms with Crippen molar-refractivity contribution in [1.29, 1.82) is 0 Å². The second-order valence-corrected chi connectivity index (χ2v) is 7.33. The van der Waals surface area contributed by atoms with E-state index >= 15 is 0 Å². The Morgan fingerprint density at radius 1 is 1.13 bits per heavy atom. The predicted octanol–water partition coefficient (Wildman–Crippen LogP) is 4.12. The van der Waals surface area contributed by atoms with Crippen molar-refractivity contribution in [3.63, 3.8) is 0 Å². The van der Waals surface area contributed by atoms with Crippen molar-refractivity contribution in [2.24, 2.45) is 0 Å². The Hall–Kier alpha value is -1.39. The van der Waals surface area contributed by atoms with E-state index in [1.165, 1.54) is 34.8 Å². The maximum atomic E-state index is 4.80. The van der Waals surface area contributed by atoms with E-state index in [1.54, 1.807) is 0 Å². The number of aromatic nitrogens is 1. The fourth-order valence-electron chi connectivity index (χ4n) is 3.16. The number of benzene rings is 1. The van der Waals surface area contributed by atoms with E-state index in [4.69, 9.17) is 4.98 Å². The summed E-state index contributed by atoms with van der Waals surface area (Å²) in [7, 11) is 0. The Bertz CT molecular complexity index is 615. The van der Waals surface area contributed by atoms with Gasteiger partial charge in [-0.15, -0.1) is 11.3 Å². The van der Waals surface area contributed by atoms with Crippen LogP contribution >= 0.6 is 11.3 Å². The summed E-state index contributed by atoms with van der Waals surface area (Å²) < 4.78 is 0. The highest BCUT2D eigenvalue weighted by atomic mass is 32.1. The van der Waals surface area contributed by atoms with Crippen LogP contribution in [0.3, 0.4) is 0 Å². The average Bonchev–Trinajstić information content (AvgIpc) is 3.02. The standard InChI is InChI=1S/C19H27N3S/c1-3-4-9-19-20-17(15-23-19)14-21-10-12-22(13-11-21)18-8-6-5-7-16(18)2/h5-8,15H,3-4,9-14H2,1-2H3. The molecule has 0 aliphatic carbocycles. The van der Waals surface area contributed by atoms with Gasteiger partial charge >= 0.3 is 0 Å². The molecular formula is C19H27N3S. The molecule has 2 aromatic rings. The smallest absolute Gasteiger partial charge is 0.0928 e. The number of piperazine rings is 1. The maximum Gasteiger partial charge on any atom is 0.0928 e. The summed E-state index contributed by atoms with van der Waals surface area (Å²) in [6.07, 6.45) is 3.64. The molecule has 0 atom stereocenters. The Balaban J connectivity index is 1.51. The number of hydrogen-bond acceptors (Lipinski definition) is 4. The first kappa shape index (κ1) is 16.5. The molecule has 4 heteroatoms. The summed E-state index contributed by atoms with van der Waals surface area (Å²) in [5.74, 6) is 0. The lowest BCUT2D eigenvalue weighted by atomic mass is 10.1. The summed E-state index contributed by atoms with van der Waals surface area (Å²) in [4.78, 5) is 9.85. The number of hydrogen-bond donors (Lipinski definition) is 0. The molecule has 2 heterocycles. The van der Waals surface area contributed by atoms with Gasteiger partial charge in [0.25, 0.3) is 0 Å². The second kappa shape index (κ2) is 7.93. The first-order chi connectivity index (χ1) is 11.3. The zero-order valence-electron chi connectivity index (χ0n) is 14.3. The van der Waals surface area contributed by atoms with Gasteiger partial charge in [-0.3, -0.25) is 4.90 Å². The van der Waals surface area contributed by atoms with Gasteiger partial charge in [0.05, 0.1) is 10.7 Å². The summed E-state index contributed by atoms with van der Waals surface area (Å²) in [5.41, 5.74) is 4.02. The zero-order valence-corrected chi connectivity index (χ0v) is 15.1. The van der Waals surface area contributed by atoms with Gasteiger partial charge in [0.2, 0.25) is 0 Å². The lowest BCUT2D eigenvalue weighted by molar-refractivity contribution is 0.247. The van der Waals surface area contributed by atoms with Gasteiger partial charge in [-0.2, -0.15) is 0 Å². The van der Waals surface area contributed by atoms with Crippen LogP contribution in [0.5, 0.6) is 0 Å².